The predicted octanol–water partition coefficient (Wildman–Crippen LogP) is 3.33. The number of nitrogens with one attached hydrogen (secondary N) is 1. The number of hydrogen-bond acceptors (Lipinski definition) is 3. The van der Waals surface area contributed by atoms with E-state index in [9.17, 15) is 0 Å². The zero-order chi connectivity index (χ0) is 13.1. The molecule has 0 fully saturated rings. The Hall–Kier alpha value is -0.670. The molecule has 0 aromatic heterocycles. The number of fused-ring (bicyclic) bond motifs is 1. The van der Waals surface area contributed by atoms with E-state index in [4.69, 9.17) is 0 Å². The standard InChI is InChI=1S/C15H24N2S/c1-11(2)13-6-5-7-14-15(13)17(4)12(10-18-14)8-9-16-3/h5-7,11-12,16H,8-10H2,1-4H3. The first-order valence-corrected chi connectivity index (χ1v) is 7.76. The summed E-state index contributed by atoms with van der Waals surface area (Å²) in [6.07, 6.45) is 1.21. The minimum atomic E-state index is 0.589. The van der Waals surface area contributed by atoms with Gasteiger partial charge in [-0.05, 0) is 37.6 Å². The second kappa shape index (κ2) is 5.98. The number of para-hydroxylation sites is 1. The third-order valence-electron chi connectivity index (χ3n) is 3.71. The van der Waals surface area contributed by atoms with Crippen molar-refractivity contribution in [3.05, 3.63) is 23.8 Å². The lowest BCUT2D eigenvalue weighted by molar-refractivity contribution is 0.595. The van der Waals surface area contributed by atoms with Gasteiger partial charge >= 0.3 is 0 Å². The SMILES string of the molecule is CNCCC1CSc2cccc(C(C)C)c2N1C. The van der Waals surface area contributed by atoms with Crippen molar-refractivity contribution in [1.29, 1.82) is 0 Å². The Labute approximate surface area is 115 Å². The van der Waals surface area contributed by atoms with Crippen LogP contribution in [0.4, 0.5) is 5.69 Å². The number of hydrogen-bond donors (Lipinski definition) is 1. The van der Waals surface area contributed by atoms with Crippen molar-refractivity contribution in [2.75, 3.05) is 31.3 Å². The maximum atomic E-state index is 3.26. The summed E-state index contributed by atoms with van der Waals surface area (Å²) >= 11 is 2.01. The molecular formula is C15H24N2S. The van der Waals surface area contributed by atoms with Crippen molar-refractivity contribution in [3.63, 3.8) is 0 Å². The third-order valence-corrected chi connectivity index (χ3v) is 4.90. The highest BCUT2D eigenvalue weighted by Crippen LogP contribution is 2.41. The fourth-order valence-corrected chi connectivity index (χ4v) is 3.90. The average molecular weight is 264 g/mol. The summed E-state index contributed by atoms with van der Waals surface area (Å²) in [6.45, 7) is 5.66. The highest BCUT2D eigenvalue weighted by molar-refractivity contribution is 7.99. The van der Waals surface area contributed by atoms with Crippen LogP contribution in [0.15, 0.2) is 23.1 Å². The van der Waals surface area contributed by atoms with Crippen LogP contribution in [0.2, 0.25) is 0 Å². The molecule has 1 aliphatic heterocycles. The van der Waals surface area contributed by atoms with Gasteiger partial charge in [-0.2, -0.15) is 0 Å². The number of benzene rings is 1. The van der Waals surface area contributed by atoms with Crippen LogP contribution in [-0.2, 0) is 0 Å². The Morgan fingerprint density at radius 3 is 2.89 bits per heavy atom. The van der Waals surface area contributed by atoms with Gasteiger partial charge in [-0.15, -0.1) is 11.8 Å². The zero-order valence-electron chi connectivity index (χ0n) is 11.9. The van der Waals surface area contributed by atoms with Crippen molar-refractivity contribution in [2.24, 2.45) is 0 Å². The molecule has 1 aliphatic rings. The molecule has 0 amide bonds. The summed E-state index contributed by atoms with van der Waals surface area (Å²) in [4.78, 5) is 3.95. The van der Waals surface area contributed by atoms with Crippen LogP contribution in [0.5, 0.6) is 0 Å². The summed E-state index contributed by atoms with van der Waals surface area (Å²) in [5.74, 6) is 1.79. The van der Waals surface area contributed by atoms with Crippen LogP contribution in [0.25, 0.3) is 0 Å². The number of thioether (sulfide) groups is 1. The molecule has 2 nitrogen and oxygen atoms in total. The van der Waals surface area contributed by atoms with Gasteiger partial charge in [-0.3, -0.25) is 0 Å². The van der Waals surface area contributed by atoms with E-state index in [-0.39, 0.29) is 0 Å². The van der Waals surface area contributed by atoms with E-state index in [0.29, 0.717) is 12.0 Å². The minimum absolute atomic E-state index is 0.589. The first kappa shape index (κ1) is 13.8. The van der Waals surface area contributed by atoms with E-state index >= 15 is 0 Å². The van der Waals surface area contributed by atoms with Gasteiger partial charge in [0, 0.05) is 23.7 Å². The second-order valence-electron chi connectivity index (χ2n) is 5.32. The van der Waals surface area contributed by atoms with Crippen LogP contribution < -0.4 is 10.2 Å². The molecule has 18 heavy (non-hydrogen) atoms. The molecule has 100 valence electrons. The van der Waals surface area contributed by atoms with Crippen LogP contribution in [-0.4, -0.2) is 32.4 Å². The lowest BCUT2D eigenvalue weighted by atomic mass is 9.99. The second-order valence-corrected chi connectivity index (χ2v) is 6.38. The van der Waals surface area contributed by atoms with Gasteiger partial charge in [0.1, 0.15) is 0 Å². The lowest BCUT2D eigenvalue weighted by Crippen LogP contribution is -2.39. The van der Waals surface area contributed by atoms with Crippen molar-refractivity contribution < 1.29 is 0 Å². The van der Waals surface area contributed by atoms with E-state index < -0.39 is 0 Å². The van der Waals surface area contributed by atoms with Crippen molar-refractivity contribution in [3.8, 4) is 0 Å². The summed E-state index contributed by atoms with van der Waals surface area (Å²) in [5, 5.41) is 3.26. The van der Waals surface area contributed by atoms with E-state index in [0.717, 1.165) is 6.54 Å². The molecule has 3 heteroatoms. The van der Waals surface area contributed by atoms with Gasteiger partial charge in [0.2, 0.25) is 0 Å². The highest BCUT2D eigenvalue weighted by atomic mass is 32.2. The van der Waals surface area contributed by atoms with Gasteiger partial charge in [-0.1, -0.05) is 26.0 Å². The summed E-state index contributed by atoms with van der Waals surface area (Å²) in [7, 11) is 4.29. The van der Waals surface area contributed by atoms with Crippen molar-refractivity contribution in [1.82, 2.24) is 5.32 Å². The van der Waals surface area contributed by atoms with E-state index in [1.165, 1.54) is 28.3 Å². The summed E-state index contributed by atoms with van der Waals surface area (Å²) in [5.41, 5.74) is 2.95. The fourth-order valence-electron chi connectivity index (χ4n) is 2.57. The fraction of sp³-hybridized carbons (Fsp3) is 0.600. The molecule has 1 atom stereocenters. The van der Waals surface area contributed by atoms with Gasteiger partial charge in [-0.25, -0.2) is 0 Å². The molecule has 1 unspecified atom stereocenters. The van der Waals surface area contributed by atoms with E-state index in [1.807, 2.05) is 18.8 Å². The Balaban J connectivity index is 2.29. The van der Waals surface area contributed by atoms with Crippen LogP contribution in [0, 0.1) is 0 Å². The Morgan fingerprint density at radius 1 is 1.44 bits per heavy atom. The first-order chi connectivity index (χ1) is 8.65. The smallest absolute Gasteiger partial charge is 0.0539 e. The zero-order valence-corrected chi connectivity index (χ0v) is 12.7. The molecule has 1 N–H and O–H groups in total. The predicted molar refractivity (Wildman–Crippen MR) is 82.0 cm³/mol. The molecule has 1 aromatic rings. The first-order valence-electron chi connectivity index (χ1n) is 6.78. The Kier molecular flexibility index (Phi) is 4.57. The van der Waals surface area contributed by atoms with Crippen molar-refractivity contribution >= 4 is 17.4 Å². The third kappa shape index (κ3) is 2.67. The van der Waals surface area contributed by atoms with Crippen LogP contribution in [0.3, 0.4) is 0 Å². The number of anilines is 1. The quantitative estimate of drug-likeness (QED) is 0.898. The Morgan fingerprint density at radius 2 is 2.22 bits per heavy atom. The van der Waals surface area contributed by atoms with Gasteiger partial charge in [0.15, 0.2) is 0 Å². The van der Waals surface area contributed by atoms with E-state index in [2.05, 4.69) is 49.3 Å². The highest BCUT2D eigenvalue weighted by Gasteiger charge is 2.26. The molecule has 0 aliphatic carbocycles. The molecule has 1 heterocycles. The average Bonchev–Trinajstić information content (AvgIpc) is 2.37. The lowest BCUT2D eigenvalue weighted by Gasteiger charge is -2.37. The molecule has 1 aromatic carbocycles. The Bertz CT molecular complexity index is 403. The summed E-state index contributed by atoms with van der Waals surface area (Å²) in [6, 6.07) is 7.38. The number of rotatable bonds is 4. The maximum absolute atomic E-state index is 3.26. The van der Waals surface area contributed by atoms with Gasteiger partial charge < -0.3 is 10.2 Å². The number of nitrogens with zero attached hydrogens (tertiary/aromatic N) is 1. The normalized spacial score (nSPS) is 19.2. The van der Waals surface area contributed by atoms with Crippen molar-refractivity contribution in [2.45, 2.75) is 37.1 Å². The maximum Gasteiger partial charge on any atom is 0.0539 e. The largest absolute Gasteiger partial charge is 0.370 e. The molecular weight excluding hydrogens is 240 g/mol. The topological polar surface area (TPSA) is 15.3 Å². The minimum Gasteiger partial charge on any atom is -0.370 e. The molecule has 0 radical (unpaired) electrons. The molecule has 2 rings (SSSR count). The molecule has 0 saturated carbocycles. The molecule has 0 spiro atoms. The monoisotopic (exact) mass is 264 g/mol. The van der Waals surface area contributed by atoms with Crippen LogP contribution >= 0.6 is 11.8 Å². The van der Waals surface area contributed by atoms with E-state index in [1.54, 1.807) is 0 Å². The van der Waals surface area contributed by atoms with Crippen LogP contribution in [0.1, 0.15) is 31.7 Å². The van der Waals surface area contributed by atoms with Gasteiger partial charge in [0.05, 0.1) is 5.69 Å². The van der Waals surface area contributed by atoms with Gasteiger partial charge in [0.25, 0.3) is 0 Å². The molecule has 0 bridgehead atoms. The summed E-state index contributed by atoms with van der Waals surface area (Å²) < 4.78 is 0. The molecule has 0 saturated heterocycles.